The van der Waals surface area contributed by atoms with Crippen LogP contribution in [0.3, 0.4) is 0 Å². The minimum Gasteiger partial charge on any atom is -0.352 e. The van der Waals surface area contributed by atoms with Crippen LogP contribution in [-0.2, 0) is 6.42 Å². The van der Waals surface area contributed by atoms with E-state index in [1.807, 2.05) is 36.6 Å². The second-order valence-electron chi connectivity index (χ2n) is 8.41. The van der Waals surface area contributed by atoms with Crippen LogP contribution in [0.15, 0.2) is 47.6 Å². The van der Waals surface area contributed by atoms with Crippen molar-refractivity contribution in [2.24, 2.45) is 0 Å². The number of hydrogen-bond donors (Lipinski definition) is 1. The monoisotopic (exact) mass is 446 g/mol. The molecular formula is C25H26N4O2S. The first-order valence-corrected chi connectivity index (χ1v) is 12.4. The van der Waals surface area contributed by atoms with Gasteiger partial charge in [0.15, 0.2) is 10.9 Å². The maximum atomic E-state index is 12.7. The second kappa shape index (κ2) is 8.90. The van der Waals surface area contributed by atoms with E-state index in [-0.39, 0.29) is 11.7 Å². The van der Waals surface area contributed by atoms with Gasteiger partial charge in [-0.05, 0) is 48.8 Å². The summed E-state index contributed by atoms with van der Waals surface area (Å²) >= 11 is 1.64. The van der Waals surface area contributed by atoms with Crippen molar-refractivity contribution in [2.45, 2.75) is 49.7 Å². The Bertz CT molecular complexity index is 1180. The van der Waals surface area contributed by atoms with Crippen LogP contribution in [0.25, 0.3) is 11.1 Å². The minimum atomic E-state index is -0.154. The molecular weight excluding hydrogens is 420 g/mol. The summed E-state index contributed by atoms with van der Waals surface area (Å²) in [6, 6.07) is 13.5. The molecule has 1 fully saturated rings. The molecule has 164 valence electrons. The molecule has 2 aromatic carbocycles. The summed E-state index contributed by atoms with van der Waals surface area (Å²) in [5.74, 6) is 0.844. The number of aromatic nitrogens is 3. The summed E-state index contributed by atoms with van der Waals surface area (Å²) in [7, 11) is 0. The number of hydrogen-bond acceptors (Lipinski definition) is 5. The third kappa shape index (κ3) is 3.75. The van der Waals surface area contributed by atoms with E-state index in [2.05, 4.69) is 20.1 Å². The number of carbonyl (C=O) groups excluding carboxylic acids is 2. The first-order chi connectivity index (χ1) is 15.7. The summed E-state index contributed by atoms with van der Waals surface area (Å²) in [5, 5.41) is 12.7. The first kappa shape index (κ1) is 20.9. The van der Waals surface area contributed by atoms with Gasteiger partial charge in [-0.15, -0.1) is 10.2 Å². The van der Waals surface area contributed by atoms with Crippen LogP contribution in [0.1, 0.15) is 70.2 Å². The Morgan fingerprint density at radius 2 is 1.81 bits per heavy atom. The van der Waals surface area contributed by atoms with Gasteiger partial charge in [-0.2, -0.15) is 0 Å². The molecule has 32 heavy (non-hydrogen) atoms. The lowest BCUT2D eigenvalue weighted by atomic mass is 10.0. The molecule has 2 aliphatic rings. The molecule has 2 aliphatic carbocycles. The van der Waals surface area contributed by atoms with Crippen molar-refractivity contribution in [1.29, 1.82) is 0 Å². The number of amides is 1. The van der Waals surface area contributed by atoms with Crippen LogP contribution in [0.4, 0.5) is 0 Å². The predicted molar refractivity (Wildman–Crippen MR) is 125 cm³/mol. The molecule has 6 nitrogen and oxygen atoms in total. The summed E-state index contributed by atoms with van der Waals surface area (Å²) in [5.41, 5.74) is 3.67. The van der Waals surface area contributed by atoms with Gasteiger partial charge in [0.25, 0.3) is 5.91 Å². The van der Waals surface area contributed by atoms with Crippen molar-refractivity contribution in [1.82, 2.24) is 20.1 Å². The molecule has 0 bridgehead atoms. The summed E-state index contributed by atoms with van der Waals surface area (Å²) in [6.45, 7) is 0.552. The molecule has 0 unspecified atom stereocenters. The van der Waals surface area contributed by atoms with Gasteiger partial charge in [-0.1, -0.05) is 54.9 Å². The van der Waals surface area contributed by atoms with Crippen molar-refractivity contribution in [3.05, 3.63) is 65.0 Å². The molecule has 5 rings (SSSR count). The van der Waals surface area contributed by atoms with Crippen molar-refractivity contribution < 1.29 is 9.59 Å². The number of benzene rings is 2. The van der Waals surface area contributed by atoms with Crippen LogP contribution in [0, 0.1) is 0 Å². The Balaban J connectivity index is 1.21. The van der Waals surface area contributed by atoms with Crippen LogP contribution in [-0.4, -0.2) is 39.3 Å². The van der Waals surface area contributed by atoms with E-state index in [0.717, 1.165) is 34.9 Å². The average Bonchev–Trinajstić information content (AvgIpc) is 3.55. The maximum absolute atomic E-state index is 12.7. The van der Waals surface area contributed by atoms with Crippen molar-refractivity contribution >= 4 is 23.5 Å². The Hall–Kier alpha value is -2.93. The first-order valence-electron chi connectivity index (χ1n) is 11.2. The van der Waals surface area contributed by atoms with Crippen LogP contribution in [0.2, 0.25) is 0 Å². The molecule has 0 spiro atoms. The van der Waals surface area contributed by atoms with E-state index in [9.17, 15) is 9.59 Å². The van der Waals surface area contributed by atoms with Crippen molar-refractivity contribution in [3.63, 3.8) is 0 Å². The van der Waals surface area contributed by atoms with Gasteiger partial charge in [-0.25, -0.2) is 0 Å². The van der Waals surface area contributed by atoms with Gasteiger partial charge in [0.05, 0.1) is 0 Å². The van der Waals surface area contributed by atoms with Gasteiger partial charge >= 0.3 is 0 Å². The van der Waals surface area contributed by atoms with Gasteiger partial charge in [-0.3, -0.25) is 9.59 Å². The van der Waals surface area contributed by atoms with Crippen LogP contribution >= 0.6 is 11.8 Å². The lowest BCUT2D eigenvalue weighted by Crippen LogP contribution is -2.25. The molecule has 1 heterocycles. The molecule has 1 aromatic heterocycles. The van der Waals surface area contributed by atoms with Gasteiger partial charge in [0, 0.05) is 35.7 Å². The standard InChI is InChI=1S/C25H26N4O2S/c1-32-25-28-27-22(29(25)17-7-2-3-8-17)11-6-14-26-24(31)16-12-13-19-18-9-4-5-10-20(18)23(30)21(19)15-16/h4-5,9-10,12-13,15,17H,2-3,6-8,11,14H2,1H3,(H,26,31). The zero-order valence-corrected chi connectivity index (χ0v) is 19.0. The molecule has 0 radical (unpaired) electrons. The highest BCUT2D eigenvalue weighted by Crippen LogP contribution is 2.37. The number of rotatable bonds is 7. The lowest BCUT2D eigenvalue weighted by molar-refractivity contribution is 0.0953. The normalized spacial score (nSPS) is 15.1. The second-order valence-corrected chi connectivity index (χ2v) is 9.18. The SMILES string of the molecule is CSc1nnc(CCCNC(=O)c2ccc3c(c2)C(=O)c2ccccc2-3)n1C1CCCC1. The highest BCUT2D eigenvalue weighted by molar-refractivity contribution is 7.98. The van der Waals surface area contributed by atoms with Crippen LogP contribution in [0.5, 0.6) is 0 Å². The van der Waals surface area contributed by atoms with Gasteiger partial charge in [0.1, 0.15) is 5.82 Å². The third-order valence-corrected chi connectivity index (χ3v) is 7.10. The average molecular weight is 447 g/mol. The van der Waals surface area contributed by atoms with E-state index in [0.29, 0.717) is 29.3 Å². The summed E-state index contributed by atoms with van der Waals surface area (Å²) < 4.78 is 2.31. The number of ketones is 1. The van der Waals surface area contributed by atoms with E-state index < -0.39 is 0 Å². The maximum Gasteiger partial charge on any atom is 0.251 e. The molecule has 3 aromatic rings. The molecule has 0 saturated heterocycles. The molecule has 0 atom stereocenters. The van der Waals surface area contributed by atoms with E-state index >= 15 is 0 Å². The van der Waals surface area contributed by atoms with E-state index in [4.69, 9.17) is 0 Å². The molecule has 1 saturated carbocycles. The quantitative estimate of drug-likeness (QED) is 0.329. The Morgan fingerprint density at radius 1 is 1.06 bits per heavy atom. The highest BCUT2D eigenvalue weighted by Gasteiger charge is 2.27. The van der Waals surface area contributed by atoms with E-state index in [1.54, 1.807) is 23.9 Å². The molecule has 0 aliphatic heterocycles. The fourth-order valence-corrected chi connectivity index (χ4v) is 5.44. The topological polar surface area (TPSA) is 76.9 Å². The van der Waals surface area contributed by atoms with Crippen molar-refractivity contribution in [3.8, 4) is 11.1 Å². The molecule has 1 amide bonds. The third-order valence-electron chi connectivity index (χ3n) is 6.46. The Kier molecular flexibility index (Phi) is 5.83. The molecule has 1 N–H and O–H groups in total. The van der Waals surface area contributed by atoms with Crippen LogP contribution < -0.4 is 5.32 Å². The van der Waals surface area contributed by atoms with Gasteiger partial charge < -0.3 is 9.88 Å². The summed E-state index contributed by atoms with van der Waals surface area (Å²) in [4.78, 5) is 25.4. The summed E-state index contributed by atoms with van der Waals surface area (Å²) in [6.07, 6.45) is 8.52. The van der Waals surface area contributed by atoms with E-state index in [1.165, 1.54) is 25.7 Å². The number of nitrogens with one attached hydrogen (secondary N) is 1. The smallest absolute Gasteiger partial charge is 0.251 e. The Morgan fingerprint density at radius 3 is 2.59 bits per heavy atom. The fourth-order valence-electron chi connectivity index (χ4n) is 4.87. The zero-order valence-electron chi connectivity index (χ0n) is 18.1. The Labute approximate surface area is 191 Å². The number of carbonyl (C=O) groups is 2. The predicted octanol–water partition coefficient (Wildman–Crippen LogP) is 4.69. The highest BCUT2D eigenvalue weighted by atomic mass is 32.2. The minimum absolute atomic E-state index is 0.0129. The van der Waals surface area contributed by atoms with Crippen molar-refractivity contribution in [2.75, 3.05) is 12.8 Å². The number of thioether (sulfide) groups is 1. The lowest BCUT2D eigenvalue weighted by Gasteiger charge is -2.16. The number of aryl methyl sites for hydroxylation is 1. The number of nitrogens with zero attached hydrogens (tertiary/aromatic N) is 3. The largest absolute Gasteiger partial charge is 0.352 e. The van der Waals surface area contributed by atoms with Gasteiger partial charge in [0.2, 0.25) is 0 Å². The fraction of sp³-hybridized carbons (Fsp3) is 0.360. The molecule has 7 heteroatoms. The number of fused-ring (bicyclic) bond motifs is 3. The zero-order chi connectivity index (χ0) is 22.1.